The van der Waals surface area contributed by atoms with Crippen molar-refractivity contribution in [2.45, 2.75) is 20.1 Å². The minimum absolute atomic E-state index is 0.136. The normalized spacial score (nSPS) is 13.2. The predicted molar refractivity (Wildman–Crippen MR) is 79.0 cm³/mol. The van der Waals surface area contributed by atoms with Crippen LogP contribution in [0.2, 0.25) is 0 Å². The molecule has 1 N–H and O–H groups in total. The Morgan fingerprint density at radius 2 is 2.14 bits per heavy atom. The topological polar surface area (TPSA) is 47.6 Å². The molecule has 0 atom stereocenters. The molecule has 0 fully saturated rings. The molecule has 22 heavy (non-hydrogen) atoms. The zero-order valence-corrected chi connectivity index (χ0v) is 12.2. The maximum Gasteiger partial charge on any atom is 0.251 e. The summed E-state index contributed by atoms with van der Waals surface area (Å²) in [5.41, 5.74) is 2.77. The number of hydrogen-bond acceptors (Lipinski definition) is 3. The van der Waals surface area contributed by atoms with Crippen molar-refractivity contribution >= 4 is 5.91 Å². The second-order valence-corrected chi connectivity index (χ2v) is 5.16. The highest BCUT2D eigenvalue weighted by Crippen LogP contribution is 2.29. The van der Waals surface area contributed by atoms with Gasteiger partial charge in [-0.1, -0.05) is 18.2 Å². The standard InChI is InChI=1S/C17H16FNO3/c1-11-4-2-3-5-15(11)17(20)19-8-12-6-14(18)7-13-9-21-10-22-16(12)13/h2-7H,8-10H2,1H3,(H,19,20). The molecule has 0 saturated carbocycles. The number of aryl methyl sites for hydroxylation is 1. The number of carbonyl (C=O) groups is 1. The van der Waals surface area contributed by atoms with E-state index in [-0.39, 0.29) is 25.1 Å². The number of hydrogen-bond donors (Lipinski definition) is 1. The van der Waals surface area contributed by atoms with E-state index in [1.165, 1.54) is 12.1 Å². The molecule has 0 saturated heterocycles. The lowest BCUT2D eigenvalue weighted by molar-refractivity contribution is -0.0173. The van der Waals surface area contributed by atoms with Crippen molar-refractivity contribution < 1.29 is 18.7 Å². The summed E-state index contributed by atoms with van der Waals surface area (Å²) in [6.07, 6.45) is 0. The van der Waals surface area contributed by atoms with Gasteiger partial charge in [0.25, 0.3) is 5.91 Å². The fraction of sp³-hybridized carbons (Fsp3) is 0.235. The molecule has 5 heteroatoms. The van der Waals surface area contributed by atoms with Gasteiger partial charge < -0.3 is 14.8 Å². The molecule has 1 amide bonds. The zero-order chi connectivity index (χ0) is 15.5. The Hall–Kier alpha value is -2.40. The Labute approximate surface area is 127 Å². The zero-order valence-electron chi connectivity index (χ0n) is 12.2. The number of fused-ring (bicyclic) bond motifs is 1. The molecule has 114 valence electrons. The molecule has 0 bridgehead atoms. The molecule has 1 aliphatic heterocycles. The Morgan fingerprint density at radius 3 is 2.95 bits per heavy atom. The predicted octanol–water partition coefficient (Wildman–Crippen LogP) is 2.93. The summed E-state index contributed by atoms with van der Waals surface area (Å²) in [5.74, 6) is 0.0360. The van der Waals surface area contributed by atoms with E-state index in [1.54, 1.807) is 6.07 Å². The lowest BCUT2D eigenvalue weighted by Gasteiger charge is -2.21. The second-order valence-electron chi connectivity index (χ2n) is 5.16. The highest BCUT2D eigenvalue weighted by Gasteiger charge is 2.17. The van der Waals surface area contributed by atoms with Crippen LogP contribution < -0.4 is 10.1 Å². The molecular formula is C17H16FNO3. The SMILES string of the molecule is Cc1ccccc1C(=O)NCc1cc(F)cc2c1OCOC2. The van der Waals surface area contributed by atoms with Gasteiger partial charge in [0.1, 0.15) is 11.6 Å². The molecule has 3 rings (SSSR count). The highest BCUT2D eigenvalue weighted by atomic mass is 19.1. The molecule has 4 nitrogen and oxygen atoms in total. The van der Waals surface area contributed by atoms with Gasteiger partial charge in [-0.3, -0.25) is 4.79 Å². The lowest BCUT2D eigenvalue weighted by atomic mass is 10.1. The van der Waals surface area contributed by atoms with Crippen LogP contribution in [0.5, 0.6) is 5.75 Å². The van der Waals surface area contributed by atoms with Gasteiger partial charge in [-0.2, -0.15) is 0 Å². The van der Waals surface area contributed by atoms with E-state index in [1.807, 2.05) is 25.1 Å². The maximum atomic E-state index is 13.6. The Morgan fingerprint density at radius 1 is 1.32 bits per heavy atom. The first-order valence-electron chi connectivity index (χ1n) is 7.01. The molecule has 2 aromatic rings. The van der Waals surface area contributed by atoms with Crippen LogP contribution in [0.15, 0.2) is 36.4 Å². The average molecular weight is 301 g/mol. The lowest BCUT2D eigenvalue weighted by Crippen LogP contribution is -2.25. The number of carbonyl (C=O) groups excluding carboxylic acids is 1. The monoisotopic (exact) mass is 301 g/mol. The Bertz CT molecular complexity index is 715. The molecule has 0 aromatic heterocycles. The van der Waals surface area contributed by atoms with Crippen molar-refractivity contribution in [3.05, 3.63) is 64.5 Å². The molecule has 1 heterocycles. The molecule has 0 aliphatic carbocycles. The van der Waals surface area contributed by atoms with E-state index in [2.05, 4.69) is 5.32 Å². The van der Waals surface area contributed by atoms with Crippen LogP contribution in [0.1, 0.15) is 27.0 Å². The van der Waals surface area contributed by atoms with E-state index < -0.39 is 0 Å². The Kier molecular flexibility index (Phi) is 4.06. The molecular weight excluding hydrogens is 285 g/mol. The summed E-state index contributed by atoms with van der Waals surface area (Å²) in [6, 6.07) is 10.1. The minimum Gasteiger partial charge on any atom is -0.467 e. The van der Waals surface area contributed by atoms with Crippen molar-refractivity contribution in [3.8, 4) is 5.75 Å². The van der Waals surface area contributed by atoms with E-state index in [0.29, 0.717) is 29.0 Å². The van der Waals surface area contributed by atoms with Gasteiger partial charge in [-0.05, 0) is 30.7 Å². The second kappa shape index (κ2) is 6.15. The van der Waals surface area contributed by atoms with Crippen molar-refractivity contribution in [1.82, 2.24) is 5.32 Å². The van der Waals surface area contributed by atoms with Crippen molar-refractivity contribution in [2.75, 3.05) is 6.79 Å². The van der Waals surface area contributed by atoms with Gasteiger partial charge >= 0.3 is 0 Å². The third kappa shape index (κ3) is 2.94. The van der Waals surface area contributed by atoms with E-state index in [4.69, 9.17) is 9.47 Å². The molecule has 0 radical (unpaired) electrons. The number of halogens is 1. The number of rotatable bonds is 3. The fourth-order valence-corrected chi connectivity index (χ4v) is 2.49. The van der Waals surface area contributed by atoms with E-state index in [0.717, 1.165) is 5.56 Å². The number of nitrogens with one attached hydrogen (secondary N) is 1. The first-order chi connectivity index (χ1) is 10.6. The first-order valence-corrected chi connectivity index (χ1v) is 7.01. The van der Waals surface area contributed by atoms with Crippen LogP contribution in [0.25, 0.3) is 0 Å². The van der Waals surface area contributed by atoms with Gasteiger partial charge in [-0.25, -0.2) is 4.39 Å². The quantitative estimate of drug-likeness (QED) is 0.948. The van der Waals surface area contributed by atoms with Gasteiger partial charge in [-0.15, -0.1) is 0 Å². The van der Waals surface area contributed by atoms with Crippen LogP contribution in [-0.4, -0.2) is 12.7 Å². The molecule has 1 aliphatic rings. The number of amides is 1. The summed E-state index contributed by atoms with van der Waals surface area (Å²) >= 11 is 0. The average Bonchev–Trinajstić information content (AvgIpc) is 2.52. The Balaban J connectivity index is 1.78. The van der Waals surface area contributed by atoms with Crippen LogP contribution in [-0.2, 0) is 17.9 Å². The first kappa shape index (κ1) is 14.5. The fourth-order valence-electron chi connectivity index (χ4n) is 2.49. The van der Waals surface area contributed by atoms with Crippen molar-refractivity contribution in [1.29, 1.82) is 0 Å². The summed E-state index contributed by atoms with van der Waals surface area (Å²) in [7, 11) is 0. The van der Waals surface area contributed by atoms with Gasteiger partial charge in [0.15, 0.2) is 6.79 Å². The van der Waals surface area contributed by atoms with Crippen LogP contribution in [0.3, 0.4) is 0 Å². The largest absolute Gasteiger partial charge is 0.467 e. The van der Waals surface area contributed by atoms with Crippen molar-refractivity contribution in [3.63, 3.8) is 0 Å². The van der Waals surface area contributed by atoms with Gasteiger partial charge in [0.2, 0.25) is 0 Å². The van der Waals surface area contributed by atoms with Crippen molar-refractivity contribution in [2.24, 2.45) is 0 Å². The van der Waals surface area contributed by atoms with Gasteiger partial charge in [0.05, 0.1) is 6.61 Å². The third-order valence-electron chi connectivity index (χ3n) is 3.58. The van der Waals surface area contributed by atoms with Crippen LogP contribution in [0.4, 0.5) is 4.39 Å². The highest BCUT2D eigenvalue weighted by molar-refractivity contribution is 5.95. The third-order valence-corrected chi connectivity index (χ3v) is 3.58. The summed E-state index contributed by atoms with van der Waals surface area (Å²) in [4.78, 5) is 12.2. The molecule has 0 spiro atoms. The summed E-state index contributed by atoms with van der Waals surface area (Å²) in [5, 5.41) is 2.81. The molecule has 0 unspecified atom stereocenters. The molecule has 2 aromatic carbocycles. The van der Waals surface area contributed by atoms with Crippen LogP contribution in [0, 0.1) is 12.7 Å². The van der Waals surface area contributed by atoms with Crippen LogP contribution >= 0.6 is 0 Å². The minimum atomic E-state index is -0.368. The maximum absolute atomic E-state index is 13.6. The smallest absolute Gasteiger partial charge is 0.251 e. The number of ether oxygens (including phenoxy) is 2. The number of benzene rings is 2. The summed E-state index contributed by atoms with van der Waals surface area (Å²) < 4.78 is 24.2. The summed E-state index contributed by atoms with van der Waals surface area (Å²) in [6.45, 7) is 2.52. The van der Waals surface area contributed by atoms with Gasteiger partial charge in [0, 0.05) is 23.2 Å². The van der Waals surface area contributed by atoms with E-state index >= 15 is 0 Å². The van der Waals surface area contributed by atoms with E-state index in [9.17, 15) is 9.18 Å².